The average Bonchev–Trinajstić information content (AvgIpc) is 2.15. The molecule has 0 atom stereocenters. The van der Waals surface area contributed by atoms with E-state index < -0.39 is 0 Å². The monoisotopic (exact) mass is 195 g/mol. The third-order valence-electron chi connectivity index (χ3n) is 2.56. The van der Waals surface area contributed by atoms with Gasteiger partial charge in [0.15, 0.2) is 0 Å². The van der Waals surface area contributed by atoms with Crippen molar-refractivity contribution >= 4 is 5.71 Å². The van der Waals surface area contributed by atoms with E-state index in [0.29, 0.717) is 18.3 Å². The molecule has 0 aromatic rings. The summed E-state index contributed by atoms with van der Waals surface area (Å²) in [7, 11) is 0. The van der Waals surface area contributed by atoms with E-state index in [9.17, 15) is 0 Å². The van der Waals surface area contributed by atoms with Crippen molar-refractivity contribution in [1.29, 1.82) is 5.41 Å². The Hall–Kier alpha value is -0.830. The van der Waals surface area contributed by atoms with E-state index in [1.165, 1.54) is 12.8 Å². The molecule has 0 amide bonds. The van der Waals surface area contributed by atoms with Crippen LogP contribution in [0.4, 0.5) is 0 Å². The first kappa shape index (κ1) is 11.2. The standard InChI is InChI=1S/C11H21N3/c1-8(2)14-7-11(13)9-5-3-4-6-10(9)12/h8,13-14H,3-7,12H2,1-2H3. The van der Waals surface area contributed by atoms with Crippen molar-refractivity contribution in [3.8, 4) is 0 Å². The molecule has 0 radical (unpaired) electrons. The van der Waals surface area contributed by atoms with Gasteiger partial charge >= 0.3 is 0 Å². The van der Waals surface area contributed by atoms with E-state index >= 15 is 0 Å². The van der Waals surface area contributed by atoms with Gasteiger partial charge in [0.2, 0.25) is 0 Å². The molecule has 14 heavy (non-hydrogen) atoms. The summed E-state index contributed by atoms with van der Waals surface area (Å²) in [4.78, 5) is 0. The molecule has 1 aliphatic rings. The van der Waals surface area contributed by atoms with Gasteiger partial charge in [-0.3, -0.25) is 0 Å². The predicted octanol–water partition coefficient (Wildman–Crippen LogP) is 1.79. The summed E-state index contributed by atoms with van der Waals surface area (Å²) in [6.07, 6.45) is 4.32. The highest BCUT2D eigenvalue weighted by atomic mass is 14.9. The lowest BCUT2D eigenvalue weighted by atomic mass is 9.93. The third-order valence-corrected chi connectivity index (χ3v) is 2.56. The fourth-order valence-electron chi connectivity index (χ4n) is 1.69. The van der Waals surface area contributed by atoms with Crippen molar-refractivity contribution in [3.05, 3.63) is 11.3 Å². The number of hydrogen-bond donors (Lipinski definition) is 3. The highest BCUT2D eigenvalue weighted by Crippen LogP contribution is 2.21. The van der Waals surface area contributed by atoms with Gasteiger partial charge in [-0.25, -0.2) is 0 Å². The molecule has 0 unspecified atom stereocenters. The van der Waals surface area contributed by atoms with Gasteiger partial charge in [0.1, 0.15) is 0 Å². The minimum Gasteiger partial charge on any atom is -0.402 e. The van der Waals surface area contributed by atoms with E-state index in [2.05, 4.69) is 19.2 Å². The Bertz CT molecular complexity index is 241. The summed E-state index contributed by atoms with van der Waals surface area (Å²) < 4.78 is 0. The highest BCUT2D eigenvalue weighted by molar-refractivity contribution is 5.99. The molecule has 0 aromatic heterocycles. The molecule has 80 valence electrons. The zero-order valence-electron chi connectivity index (χ0n) is 9.19. The fourth-order valence-corrected chi connectivity index (χ4v) is 1.69. The zero-order chi connectivity index (χ0) is 10.6. The van der Waals surface area contributed by atoms with Crippen molar-refractivity contribution in [2.75, 3.05) is 6.54 Å². The lowest BCUT2D eigenvalue weighted by Crippen LogP contribution is -2.31. The highest BCUT2D eigenvalue weighted by Gasteiger charge is 2.13. The lowest BCUT2D eigenvalue weighted by Gasteiger charge is -2.19. The normalized spacial score (nSPS) is 17.6. The topological polar surface area (TPSA) is 61.9 Å². The number of nitrogens with two attached hydrogens (primary N) is 1. The van der Waals surface area contributed by atoms with Gasteiger partial charge in [-0.05, 0) is 31.3 Å². The van der Waals surface area contributed by atoms with Crippen LogP contribution in [0.25, 0.3) is 0 Å². The van der Waals surface area contributed by atoms with Gasteiger partial charge in [0.25, 0.3) is 0 Å². The van der Waals surface area contributed by atoms with Crippen LogP contribution in [0.15, 0.2) is 11.3 Å². The van der Waals surface area contributed by atoms with E-state index in [4.69, 9.17) is 11.1 Å². The van der Waals surface area contributed by atoms with Gasteiger partial charge in [0.05, 0.1) is 5.71 Å². The Labute approximate surface area is 86.3 Å². The van der Waals surface area contributed by atoms with E-state index in [-0.39, 0.29) is 0 Å². The van der Waals surface area contributed by atoms with Gasteiger partial charge in [-0.1, -0.05) is 13.8 Å². The van der Waals surface area contributed by atoms with Crippen molar-refractivity contribution in [3.63, 3.8) is 0 Å². The fraction of sp³-hybridized carbons (Fsp3) is 0.727. The minimum absolute atomic E-state index is 0.431. The molecule has 0 heterocycles. The van der Waals surface area contributed by atoms with E-state index in [1.807, 2.05) is 0 Å². The SMILES string of the molecule is CC(C)NCC(=N)C1=C(N)CCCC1. The summed E-state index contributed by atoms with van der Waals surface area (Å²) >= 11 is 0. The molecular weight excluding hydrogens is 174 g/mol. The second-order valence-electron chi connectivity index (χ2n) is 4.23. The Kier molecular flexibility index (Phi) is 4.14. The maximum absolute atomic E-state index is 7.91. The quantitative estimate of drug-likeness (QED) is 0.599. The number of rotatable bonds is 4. The molecule has 0 spiro atoms. The van der Waals surface area contributed by atoms with Crippen molar-refractivity contribution in [1.82, 2.24) is 5.32 Å². The number of hydrogen-bond acceptors (Lipinski definition) is 3. The molecule has 1 aliphatic carbocycles. The van der Waals surface area contributed by atoms with Crippen LogP contribution >= 0.6 is 0 Å². The first-order valence-electron chi connectivity index (χ1n) is 5.40. The Morgan fingerprint density at radius 2 is 2.07 bits per heavy atom. The summed E-state index contributed by atoms with van der Waals surface area (Å²) in [6, 6.07) is 0.431. The van der Waals surface area contributed by atoms with Crippen LogP contribution in [-0.2, 0) is 0 Å². The molecule has 0 aromatic carbocycles. The molecule has 0 saturated carbocycles. The van der Waals surface area contributed by atoms with Gasteiger partial charge in [0, 0.05) is 18.3 Å². The molecule has 3 heteroatoms. The van der Waals surface area contributed by atoms with Crippen LogP contribution in [0.2, 0.25) is 0 Å². The predicted molar refractivity (Wildman–Crippen MR) is 60.5 cm³/mol. The Balaban J connectivity index is 2.50. The maximum atomic E-state index is 7.91. The first-order chi connectivity index (χ1) is 6.61. The molecule has 0 bridgehead atoms. The molecular formula is C11H21N3. The van der Waals surface area contributed by atoms with Crippen molar-refractivity contribution in [2.24, 2.45) is 5.73 Å². The molecule has 3 nitrogen and oxygen atoms in total. The molecule has 4 N–H and O–H groups in total. The Morgan fingerprint density at radius 3 is 2.64 bits per heavy atom. The van der Waals surface area contributed by atoms with Gasteiger partial charge in [-0.2, -0.15) is 0 Å². The van der Waals surface area contributed by atoms with Crippen LogP contribution in [-0.4, -0.2) is 18.3 Å². The smallest absolute Gasteiger partial charge is 0.0501 e. The zero-order valence-corrected chi connectivity index (χ0v) is 9.19. The average molecular weight is 195 g/mol. The molecule has 0 aliphatic heterocycles. The Morgan fingerprint density at radius 1 is 1.43 bits per heavy atom. The van der Waals surface area contributed by atoms with E-state index in [0.717, 1.165) is 24.1 Å². The maximum Gasteiger partial charge on any atom is 0.0501 e. The van der Waals surface area contributed by atoms with Gasteiger partial charge in [-0.15, -0.1) is 0 Å². The third kappa shape index (κ3) is 3.14. The number of nitrogens with one attached hydrogen (secondary N) is 2. The van der Waals surface area contributed by atoms with Crippen molar-refractivity contribution in [2.45, 2.75) is 45.6 Å². The number of allylic oxidation sites excluding steroid dienone is 1. The molecule has 0 saturated heterocycles. The van der Waals surface area contributed by atoms with Crippen LogP contribution in [0.5, 0.6) is 0 Å². The first-order valence-corrected chi connectivity index (χ1v) is 5.40. The van der Waals surface area contributed by atoms with Crippen molar-refractivity contribution < 1.29 is 0 Å². The minimum atomic E-state index is 0.431. The van der Waals surface area contributed by atoms with E-state index in [1.54, 1.807) is 0 Å². The van der Waals surface area contributed by atoms with Gasteiger partial charge < -0.3 is 16.5 Å². The molecule has 0 fully saturated rings. The summed E-state index contributed by atoms with van der Waals surface area (Å²) in [6.45, 7) is 4.82. The largest absolute Gasteiger partial charge is 0.402 e. The van der Waals surface area contributed by atoms with Crippen LogP contribution in [0.3, 0.4) is 0 Å². The molecule has 1 rings (SSSR count). The summed E-state index contributed by atoms with van der Waals surface area (Å²) in [5, 5.41) is 11.2. The second-order valence-corrected chi connectivity index (χ2v) is 4.23. The lowest BCUT2D eigenvalue weighted by molar-refractivity contribution is 0.635. The summed E-state index contributed by atoms with van der Waals surface area (Å²) in [5.74, 6) is 0. The van der Waals surface area contributed by atoms with Crippen LogP contribution in [0.1, 0.15) is 39.5 Å². The summed E-state index contributed by atoms with van der Waals surface area (Å²) in [5.41, 5.74) is 8.60. The van der Waals surface area contributed by atoms with Crippen LogP contribution in [0, 0.1) is 5.41 Å². The van der Waals surface area contributed by atoms with Crippen LogP contribution < -0.4 is 11.1 Å². The second kappa shape index (κ2) is 5.15.